The fourth-order valence-electron chi connectivity index (χ4n) is 1.49. The number of aromatic nitrogens is 2. The number of aliphatic hydroxyl groups excluding tert-OH is 1. The van der Waals surface area contributed by atoms with E-state index in [1.807, 2.05) is 0 Å². The average molecular weight is 240 g/mol. The molecule has 96 valence electrons. The van der Waals surface area contributed by atoms with Crippen LogP contribution < -0.4 is 15.8 Å². The first kappa shape index (κ1) is 13.5. The summed E-state index contributed by atoms with van der Waals surface area (Å²) in [4.78, 5) is 7.87. The topological polar surface area (TPSA) is 93.3 Å². The van der Waals surface area contributed by atoms with Gasteiger partial charge in [-0.05, 0) is 12.3 Å². The fourth-order valence-corrected chi connectivity index (χ4v) is 1.49. The summed E-state index contributed by atoms with van der Waals surface area (Å²) in [5.41, 5.74) is 5.52. The maximum Gasteiger partial charge on any atom is 0.225 e. The lowest BCUT2D eigenvalue weighted by Gasteiger charge is -2.14. The van der Waals surface area contributed by atoms with Gasteiger partial charge in [0, 0.05) is 12.6 Å². The highest BCUT2D eigenvalue weighted by atomic mass is 16.5. The lowest BCUT2D eigenvalue weighted by molar-refractivity contribution is 0.161. The van der Waals surface area contributed by atoms with E-state index in [0.717, 1.165) is 6.42 Å². The normalized spacial score (nSPS) is 12.5. The third-order valence-corrected chi connectivity index (χ3v) is 2.19. The number of rotatable bonds is 6. The van der Waals surface area contributed by atoms with E-state index in [-0.39, 0.29) is 5.95 Å². The zero-order valence-corrected chi connectivity index (χ0v) is 10.5. The molecule has 1 rings (SSSR count). The Morgan fingerprint density at radius 3 is 2.76 bits per heavy atom. The molecule has 0 saturated carbocycles. The molecule has 1 aromatic heterocycles. The molecule has 0 amide bonds. The predicted molar refractivity (Wildman–Crippen MR) is 66.9 cm³/mol. The summed E-state index contributed by atoms with van der Waals surface area (Å²) < 4.78 is 4.97. The minimum Gasteiger partial charge on any atom is -0.481 e. The molecule has 0 bridgehead atoms. The standard InChI is InChI=1S/C11H20N4O2/c1-7(2)4-8(16)6-13-9-5-10(17-3)15-11(12)14-9/h5,7-8,16H,4,6H2,1-3H3,(H3,12,13,14,15). The van der Waals surface area contributed by atoms with Crippen molar-refractivity contribution in [2.24, 2.45) is 5.92 Å². The van der Waals surface area contributed by atoms with E-state index in [1.165, 1.54) is 7.11 Å². The highest BCUT2D eigenvalue weighted by molar-refractivity contribution is 5.42. The van der Waals surface area contributed by atoms with Gasteiger partial charge in [-0.2, -0.15) is 9.97 Å². The summed E-state index contributed by atoms with van der Waals surface area (Å²) >= 11 is 0. The molecule has 6 nitrogen and oxygen atoms in total. The molecular weight excluding hydrogens is 220 g/mol. The van der Waals surface area contributed by atoms with Crippen LogP contribution in [-0.2, 0) is 0 Å². The van der Waals surface area contributed by atoms with Crippen molar-refractivity contribution in [2.45, 2.75) is 26.4 Å². The molecular formula is C11H20N4O2. The minimum atomic E-state index is -0.405. The highest BCUT2D eigenvalue weighted by Crippen LogP contribution is 2.14. The van der Waals surface area contributed by atoms with Gasteiger partial charge in [-0.3, -0.25) is 0 Å². The van der Waals surface area contributed by atoms with Crippen LogP contribution >= 0.6 is 0 Å². The molecule has 0 radical (unpaired) electrons. The van der Waals surface area contributed by atoms with Crippen LogP contribution in [-0.4, -0.2) is 34.8 Å². The minimum absolute atomic E-state index is 0.144. The van der Waals surface area contributed by atoms with Crippen molar-refractivity contribution >= 4 is 11.8 Å². The number of ether oxygens (including phenoxy) is 1. The Kier molecular flexibility index (Phi) is 4.96. The van der Waals surface area contributed by atoms with Gasteiger partial charge in [-0.25, -0.2) is 0 Å². The molecule has 1 aromatic rings. The summed E-state index contributed by atoms with van der Waals surface area (Å²) in [5.74, 6) is 1.55. The lowest BCUT2D eigenvalue weighted by Crippen LogP contribution is -2.21. The van der Waals surface area contributed by atoms with Gasteiger partial charge >= 0.3 is 0 Å². The zero-order chi connectivity index (χ0) is 12.8. The molecule has 0 aromatic carbocycles. The fraction of sp³-hybridized carbons (Fsp3) is 0.636. The maximum atomic E-state index is 9.71. The number of anilines is 2. The van der Waals surface area contributed by atoms with Crippen LogP contribution in [0.5, 0.6) is 5.88 Å². The highest BCUT2D eigenvalue weighted by Gasteiger charge is 2.08. The number of nitrogens with zero attached hydrogens (tertiary/aromatic N) is 2. The molecule has 1 atom stereocenters. The summed E-state index contributed by atoms with van der Waals surface area (Å²) in [5, 5.41) is 12.7. The Morgan fingerprint density at radius 1 is 1.47 bits per heavy atom. The van der Waals surface area contributed by atoms with E-state index in [9.17, 15) is 5.11 Å². The first-order chi connectivity index (χ1) is 8.01. The first-order valence-electron chi connectivity index (χ1n) is 5.61. The number of nitrogens with one attached hydrogen (secondary N) is 1. The molecule has 0 saturated heterocycles. The predicted octanol–water partition coefficient (Wildman–Crippen LogP) is 0.886. The largest absolute Gasteiger partial charge is 0.481 e. The molecule has 0 aliphatic rings. The quantitative estimate of drug-likeness (QED) is 0.683. The van der Waals surface area contributed by atoms with Crippen molar-refractivity contribution < 1.29 is 9.84 Å². The van der Waals surface area contributed by atoms with Crippen molar-refractivity contribution in [1.29, 1.82) is 0 Å². The van der Waals surface area contributed by atoms with Crippen LogP contribution in [0, 0.1) is 5.92 Å². The summed E-state index contributed by atoms with van der Waals surface area (Å²) in [6.07, 6.45) is 0.335. The molecule has 0 fully saturated rings. The Bertz CT molecular complexity index is 357. The van der Waals surface area contributed by atoms with E-state index in [0.29, 0.717) is 24.2 Å². The van der Waals surface area contributed by atoms with Gasteiger partial charge in [-0.1, -0.05) is 13.8 Å². The van der Waals surface area contributed by atoms with Crippen LogP contribution in [0.4, 0.5) is 11.8 Å². The lowest BCUT2D eigenvalue weighted by atomic mass is 10.1. The zero-order valence-electron chi connectivity index (χ0n) is 10.5. The summed E-state index contributed by atoms with van der Waals surface area (Å²) in [6, 6.07) is 1.64. The van der Waals surface area contributed by atoms with Crippen molar-refractivity contribution in [3.8, 4) is 5.88 Å². The Hall–Kier alpha value is -1.56. The van der Waals surface area contributed by atoms with Crippen LogP contribution in [0.1, 0.15) is 20.3 Å². The molecule has 17 heavy (non-hydrogen) atoms. The second kappa shape index (κ2) is 6.24. The molecule has 1 heterocycles. The van der Waals surface area contributed by atoms with Crippen LogP contribution in [0.25, 0.3) is 0 Å². The van der Waals surface area contributed by atoms with Gasteiger partial charge in [0.1, 0.15) is 5.82 Å². The third-order valence-electron chi connectivity index (χ3n) is 2.19. The van der Waals surface area contributed by atoms with Crippen molar-refractivity contribution in [3.05, 3.63) is 6.07 Å². The van der Waals surface area contributed by atoms with Crippen molar-refractivity contribution in [3.63, 3.8) is 0 Å². The molecule has 4 N–H and O–H groups in total. The summed E-state index contributed by atoms with van der Waals surface area (Å²) in [7, 11) is 1.51. The maximum absolute atomic E-state index is 9.71. The summed E-state index contributed by atoms with van der Waals surface area (Å²) in [6.45, 7) is 4.56. The van der Waals surface area contributed by atoms with Crippen LogP contribution in [0.15, 0.2) is 6.07 Å². The number of nitrogen functional groups attached to an aromatic ring is 1. The molecule has 0 aliphatic heterocycles. The average Bonchev–Trinajstić information content (AvgIpc) is 2.24. The number of hydrogen-bond acceptors (Lipinski definition) is 6. The molecule has 0 aliphatic carbocycles. The molecule has 1 unspecified atom stereocenters. The number of hydrogen-bond donors (Lipinski definition) is 3. The van der Waals surface area contributed by atoms with Crippen molar-refractivity contribution in [1.82, 2.24) is 9.97 Å². The van der Waals surface area contributed by atoms with Crippen molar-refractivity contribution in [2.75, 3.05) is 24.7 Å². The molecule has 0 spiro atoms. The van der Waals surface area contributed by atoms with E-state index in [4.69, 9.17) is 10.5 Å². The monoisotopic (exact) mass is 240 g/mol. The van der Waals surface area contributed by atoms with Crippen LogP contribution in [0.2, 0.25) is 0 Å². The second-order valence-electron chi connectivity index (χ2n) is 4.32. The number of aliphatic hydroxyl groups is 1. The third kappa shape index (κ3) is 4.86. The van der Waals surface area contributed by atoms with Crippen LogP contribution in [0.3, 0.4) is 0 Å². The number of methoxy groups -OCH3 is 1. The van der Waals surface area contributed by atoms with E-state index < -0.39 is 6.10 Å². The van der Waals surface area contributed by atoms with E-state index in [1.54, 1.807) is 6.07 Å². The Morgan fingerprint density at radius 2 is 2.18 bits per heavy atom. The molecule has 6 heteroatoms. The van der Waals surface area contributed by atoms with E-state index in [2.05, 4.69) is 29.1 Å². The smallest absolute Gasteiger partial charge is 0.225 e. The Balaban J connectivity index is 2.54. The van der Waals surface area contributed by atoms with E-state index >= 15 is 0 Å². The second-order valence-corrected chi connectivity index (χ2v) is 4.32. The van der Waals surface area contributed by atoms with Gasteiger partial charge in [-0.15, -0.1) is 0 Å². The SMILES string of the molecule is COc1cc(NCC(O)CC(C)C)nc(N)n1. The van der Waals surface area contributed by atoms with Gasteiger partial charge < -0.3 is 20.9 Å². The first-order valence-corrected chi connectivity index (χ1v) is 5.61. The van der Waals surface area contributed by atoms with Gasteiger partial charge in [0.05, 0.1) is 13.2 Å². The van der Waals surface area contributed by atoms with Gasteiger partial charge in [0.15, 0.2) is 0 Å². The van der Waals surface area contributed by atoms with Gasteiger partial charge in [0.2, 0.25) is 11.8 Å². The number of nitrogens with two attached hydrogens (primary N) is 1. The Labute approximate surface area is 101 Å². The van der Waals surface area contributed by atoms with Gasteiger partial charge in [0.25, 0.3) is 0 Å².